The van der Waals surface area contributed by atoms with Gasteiger partial charge in [0.05, 0.1) is 12.5 Å². The number of ketones is 1. The van der Waals surface area contributed by atoms with Crippen LogP contribution in [0.2, 0.25) is 0 Å². The molecular formula is C21H30O4. The van der Waals surface area contributed by atoms with Crippen molar-refractivity contribution in [2.45, 2.75) is 65.7 Å². The smallest absolute Gasteiger partial charge is 0.311 e. The quantitative estimate of drug-likeness (QED) is 0.575. The molecule has 0 amide bonds. The highest BCUT2D eigenvalue weighted by atomic mass is 16.5. The number of hydrogen-bond donors (Lipinski definition) is 0. The van der Waals surface area contributed by atoms with Crippen LogP contribution in [0.5, 0.6) is 0 Å². The first-order valence-electron chi connectivity index (χ1n) is 9.52. The standard InChI is InChI=1S/C21H30O4/c1-14-13-21(10-11-22)15(12-16(14)23)6-7-17-19(2,18(24)25-4)8-5-9-20(17,21)3/h11-12,14,17H,5-10,13H2,1-4H3/t14?,17-,19+,20-,21-/m0/s1. The summed E-state index contributed by atoms with van der Waals surface area (Å²) in [5.74, 6) is 0.173. The van der Waals surface area contributed by atoms with Crippen LogP contribution in [0.4, 0.5) is 0 Å². The molecule has 3 aliphatic rings. The van der Waals surface area contributed by atoms with E-state index in [2.05, 4.69) is 6.92 Å². The summed E-state index contributed by atoms with van der Waals surface area (Å²) in [5.41, 5.74) is 0.193. The van der Waals surface area contributed by atoms with Gasteiger partial charge in [-0.25, -0.2) is 0 Å². The lowest BCUT2D eigenvalue weighted by atomic mass is 9.39. The summed E-state index contributed by atoms with van der Waals surface area (Å²) in [5, 5.41) is 0. The van der Waals surface area contributed by atoms with Gasteiger partial charge >= 0.3 is 5.97 Å². The largest absolute Gasteiger partial charge is 0.469 e. The molecule has 0 spiro atoms. The Balaban J connectivity index is 2.15. The first-order valence-corrected chi connectivity index (χ1v) is 9.52. The van der Waals surface area contributed by atoms with Gasteiger partial charge in [-0.3, -0.25) is 9.59 Å². The van der Waals surface area contributed by atoms with E-state index in [1.54, 1.807) is 0 Å². The minimum absolute atomic E-state index is 0.0643. The van der Waals surface area contributed by atoms with Crippen LogP contribution in [0.25, 0.3) is 0 Å². The van der Waals surface area contributed by atoms with Gasteiger partial charge in [-0.1, -0.05) is 25.8 Å². The molecule has 3 rings (SSSR count). The zero-order valence-electron chi connectivity index (χ0n) is 15.9. The fraction of sp³-hybridized carbons (Fsp3) is 0.762. The fourth-order valence-electron chi connectivity index (χ4n) is 6.57. The first kappa shape index (κ1) is 18.3. The Morgan fingerprint density at radius 3 is 2.72 bits per heavy atom. The second-order valence-corrected chi connectivity index (χ2v) is 8.90. The van der Waals surface area contributed by atoms with E-state index in [9.17, 15) is 14.4 Å². The number of carbonyl (C=O) groups is 3. The minimum Gasteiger partial charge on any atom is -0.469 e. The topological polar surface area (TPSA) is 60.4 Å². The molecule has 0 heterocycles. The lowest BCUT2D eigenvalue weighted by Crippen LogP contribution is -2.60. The number of rotatable bonds is 3. The van der Waals surface area contributed by atoms with E-state index in [4.69, 9.17) is 4.74 Å². The summed E-state index contributed by atoms with van der Waals surface area (Å²) in [7, 11) is 1.47. The van der Waals surface area contributed by atoms with Crippen molar-refractivity contribution in [3.63, 3.8) is 0 Å². The lowest BCUT2D eigenvalue weighted by molar-refractivity contribution is -0.177. The van der Waals surface area contributed by atoms with Crippen molar-refractivity contribution in [3.8, 4) is 0 Å². The second kappa shape index (κ2) is 6.07. The summed E-state index contributed by atoms with van der Waals surface area (Å²) in [6.07, 6.45) is 8.49. The summed E-state index contributed by atoms with van der Waals surface area (Å²) in [6.45, 7) is 6.27. The minimum atomic E-state index is -0.506. The van der Waals surface area contributed by atoms with Crippen LogP contribution in [-0.4, -0.2) is 25.1 Å². The van der Waals surface area contributed by atoms with Crippen LogP contribution in [0.1, 0.15) is 65.7 Å². The Hall–Kier alpha value is -1.45. The van der Waals surface area contributed by atoms with Crippen molar-refractivity contribution in [1.82, 2.24) is 0 Å². The van der Waals surface area contributed by atoms with E-state index in [1.807, 2.05) is 19.9 Å². The molecule has 0 N–H and O–H groups in total. The number of esters is 1. The molecular weight excluding hydrogens is 316 g/mol. The lowest BCUT2D eigenvalue weighted by Gasteiger charge is -2.64. The van der Waals surface area contributed by atoms with E-state index < -0.39 is 5.41 Å². The molecule has 3 aliphatic carbocycles. The maximum Gasteiger partial charge on any atom is 0.311 e. The molecule has 4 nitrogen and oxygen atoms in total. The monoisotopic (exact) mass is 346 g/mol. The van der Waals surface area contributed by atoms with E-state index in [-0.39, 0.29) is 34.4 Å². The van der Waals surface area contributed by atoms with Gasteiger partial charge in [-0.15, -0.1) is 0 Å². The third-order valence-corrected chi connectivity index (χ3v) is 7.88. The molecule has 0 aliphatic heterocycles. The highest BCUT2D eigenvalue weighted by Crippen LogP contribution is 2.69. The van der Waals surface area contributed by atoms with Crippen molar-refractivity contribution in [1.29, 1.82) is 0 Å². The Morgan fingerprint density at radius 2 is 2.08 bits per heavy atom. The predicted molar refractivity (Wildman–Crippen MR) is 94.8 cm³/mol. The Bertz CT molecular complexity index is 636. The molecule has 2 fully saturated rings. The molecule has 0 saturated heterocycles. The summed E-state index contributed by atoms with van der Waals surface area (Å²) < 4.78 is 5.18. The second-order valence-electron chi connectivity index (χ2n) is 8.90. The van der Waals surface area contributed by atoms with Crippen molar-refractivity contribution in [2.75, 3.05) is 7.11 Å². The Kier molecular flexibility index (Phi) is 4.45. The van der Waals surface area contributed by atoms with Crippen molar-refractivity contribution >= 4 is 18.0 Å². The molecule has 0 aromatic rings. The van der Waals surface area contributed by atoms with E-state index >= 15 is 0 Å². The molecule has 25 heavy (non-hydrogen) atoms. The average molecular weight is 346 g/mol. The number of aldehydes is 1. The Labute approximate surface area is 150 Å². The number of fused-ring (bicyclic) bond motifs is 3. The number of carbonyl (C=O) groups excluding carboxylic acids is 3. The first-order chi connectivity index (χ1) is 11.7. The molecule has 0 radical (unpaired) electrons. The maximum absolute atomic E-state index is 12.7. The summed E-state index contributed by atoms with van der Waals surface area (Å²) in [4.78, 5) is 36.6. The SMILES string of the molecule is COC(=O)[C@]1(C)CCC[C@@]2(C)[C@H]1CCC1=CC(=O)C(C)C[C@@]12CC=O. The summed E-state index contributed by atoms with van der Waals surface area (Å²) >= 11 is 0. The molecule has 0 bridgehead atoms. The maximum atomic E-state index is 12.7. The molecule has 4 heteroatoms. The molecule has 0 aromatic carbocycles. The molecule has 0 aromatic heterocycles. The molecule has 2 saturated carbocycles. The normalized spacial score (nSPS) is 43.5. The van der Waals surface area contributed by atoms with Gasteiger partial charge < -0.3 is 9.53 Å². The van der Waals surface area contributed by atoms with E-state index in [0.29, 0.717) is 6.42 Å². The zero-order chi connectivity index (χ0) is 18.5. The van der Waals surface area contributed by atoms with Crippen LogP contribution in [-0.2, 0) is 19.1 Å². The van der Waals surface area contributed by atoms with Crippen LogP contribution in [0.15, 0.2) is 11.6 Å². The van der Waals surface area contributed by atoms with Gasteiger partial charge in [0.1, 0.15) is 6.29 Å². The average Bonchev–Trinajstić information content (AvgIpc) is 2.57. The number of allylic oxidation sites excluding steroid dienone is 2. The van der Waals surface area contributed by atoms with Gasteiger partial charge in [0, 0.05) is 17.8 Å². The van der Waals surface area contributed by atoms with Gasteiger partial charge in [0.15, 0.2) is 5.78 Å². The third kappa shape index (κ3) is 2.36. The van der Waals surface area contributed by atoms with Gasteiger partial charge in [0.25, 0.3) is 0 Å². The summed E-state index contributed by atoms with van der Waals surface area (Å²) in [6, 6.07) is 0. The number of hydrogen-bond acceptors (Lipinski definition) is 4. The highest BCUT2D eigenvalue weighted by molar-refractivity contribution is 5.93. The molecule has 138 valence electrons. The van der Waals surface area contributed by atoms with Gasteiger partial charge in [-0.2, -0.15) is 0 Å². The van der Waals surface area contributed by atoms with Crippen molar-refractivity contribution < 1.29 is 19.1 Å². The number of ether oxygens (including phenoxy) is 1. The van der Waals surface area contributed by atoms with Crippen LogP contribution in [0, 0.1) is 28.1 Å². The predicted octanol–water partition coefficient (Wildman–Crippen LogP) is 3.88. The van der Waals surface area contributed by atoms with E-state index in [1.165, 1.54) is 7.11 Å². The van der Waals surface area contributed by atoms with Crippen molar-refractivity contribution in [2.24, 2.45) is 28.1 Å². The molecule has 1 unspecified atom stereocenters. The van der Waals surface area contributed by atoms with Gasteiger partial charge in [-0.05, 0) is 56.4 Å². The molecule has 5 atom stereocenters. The van der Waals surface area contributed by atoms with Crippen LogP contribution < -0.4 is 0 Å². The fourth-order valence-corrected chi connectivity index (χ4v) is 6.57. The third-order valence-electron chi connectivity index (χ3n) is 7.88. The van der Waals surface area contributed by atoms with E-state index in [0.717, 1.165) is 50.4 Å². The van der Waals surface area contributed by atoms with Crippen LogP contribution >= 0.6 is 0 Å². The van der Waals surface area contributed by atoms with Crippen LogP contribution in [0.3, 0.4) is 0 Å². The highest BCUT2D eigenvalue weighted by Gasteiger charge is 2.64. The van der Waals surface area contributed by atoms with Gasteiger partial charge in [0.2, 0.25) is 0 Å². The number of methoxy groups -OCH3 is 1. The Morgan fingerprint density at radius 1 is 1.36 bits per heavy atom. The van der Waals surface area contributed by atoms with Crippen molar-refractivity contribution in [3.05, 3.63) is 11.6 Å². The zero-order valence-corrected chi connectivity index (χ0v) is 15.9.